The highest BCUT2D eigenvalue weighted by Crippen LogP contribution is 2.12. The van der Waals surface area contributed by atoms with Crippen LogP contribution in [0.1, 0.15) is 40.5 Å². The molecule has 0 bridgehead atoms. The summed E-state index contributed by atoms with van der Waals surface area (Å²) in [5.41, 5.74) is -0.441. The monoisotopic (exact) mass is 442 g/mol. The number of hydrogen-bond acceptors (Lipinski definition) is 6. The van der Waals surface area contributed by atoms with Crippen LogP contribution in [0.4, 0.5) is 4.79 Å². The first kappa shape index (κ1) is 27.5. The molecule has 0 aromatic heterocycles. The number of methoxy groups -OCH3 is 1. The lowest BCUT2D eigenvalue weighted by Gasteiger charge is -2.35. The molecule has 0 aliphatic carbocycles. The number of nitrogens with one attached hydrogen (secondary N) is 2. The van der Waals surface area contributed by atoms with Crippen molar-refractivity contribution >= 4 is 12.1 Å². The summed E-state index contributed by atoms with van der Waals surface area (Å²) >= 11 is 0. The highest BCUT2D eigenvalue weighted by atomic mass is 16.6. The van der Waals surface area contributed by atoms with Gasteiger partial charge in [-0.1, -0.05) is 0 Å². The van der Waals surface area contributed by atoms with E-state index >= 15 is 0 Å². The normalized spacial score (nSPS) is 16.0. The molecule has 0 unspecified atom stereocenters. The van der Waals surface area contributed by atoms with E-state index in [1.54, 1.807) is 12.0 Å². The molecular weight excluding hydrogens is 396 g/mol. The maximum absolute atomic E-state index is 12.2. The van der Waals surface area contributed by atoms with Crippen LogP contribution >= 0.6 is 0 Å². The molecule has 0 saturated carbocycles. The molecule has 1 fully saturated rings. The molecule has 0 aromatic rings. The molecule has 0 radical (unpaired) electrons. The minimum atomic E-state index is -0.441. The number of likely N-dealkylation sites (N-methyl/N-ethyl adjacent to an activating group) is 1. The van der Waals surface area contributed by atoms with Gasteiger partial charge < -0.3 is 29.9 Å². The summed E-state index contributed by atoms with van der Waals surface area (Å²) in [5, 5.41) is 6.72. The lowest BCUT2D eigenvalue weighted by atomic mass is 10.2. The zero-order chi connectivity index (χ0) is 23.1. The van der Waals surface area contributed by atoms with Gasteiger partial charge in [0, 0.05) is 79.2 Å². The van der Waals surface area contributed by atoms with Crippen molar-refractivity contribution in [2.45, 2.75) is 46.1 Å². The maximum atomic E-state index is 12.2. The first-order valence-electron chi connectivity index (χ1n) is 11.6. The number of piperazine rings is 1. The lowest BCUT2D eigenvalue weighted by Crippen LogP contribution is -2.50. The molecule has 1 aliphatic heterocycles. The van der Waals surface area contributed by atoms with Gasteiger partial charge in [0.25, 0.3) is 0 Å². The largest absolute Gasteiger partial charge is 0.444 e. The van der Waals surface area contributed by atoms with Crippen LogP contribution in [0.15, 0.2) is 4.99 Å². The smallest absolute Gasteiger partial charge is 0.410 e. The Balaban J connectivity index is 2.23. The third-order valence-electron chi connectivity index (χ3n) is 4.94. The van der Waals surface area contributed by atoms with Crippen molar-refractivity contribution in [2.75, 3.05) is 86.2 Å². The van der Waals surface area contributed by atoms with E-state index in [-0.39, 0.29) is 6.09 Å². The molecule has 1 aliphatic rings. The van der Waals surface area contributed by atoms with Gasteiger partial charge in [-0.3, -0.25) is 9.89 Å². The molecule has 9 nitrogen and oxygen atoms in total. The Hall–Kier alpha value is -1.58. The average molecular weight is 443 g/mol. The minimum absolute atomic E-state index is 0.206. The van der Waals surface area contributed by atoms with E-state index in [0.29, 0.717) is 0 Å². The van der Waals surface area contributed by atoms with Gasteiger partial charge in [-0.25, -0.2) is 4.79 Å². The van der Waals surface area contributed by atoms with E-state index < -0.39 is 5.60 Å². The van der Waals surface area contributed by atoms with Gasteiger partial charge in [0.1, 0.15) is 5.60 Å². The van der Waals surface area contributed by atoms with E-state index in [9.17, 15) is 4.79 Å². The number of carbonyl (C=O) groups excluding carboxylic acids is 1. The van der Waals surface area contributed by atoms with Crippen molar-refractivity contribution in [3.8, 4) is 0 Å². The summed E-state index contributed by atoms with van der Waals surface area (Å²) in [6.07, 6.45) is 1.84. The zero-order valence-electron chi connectivity index (χ0n) is 20.7. The fourth-order valence-corrected chi connectivity index (χ4v) is 3.26. The van der Waals surface area contributed by atoms with E-state index in [2.05, 4.69) is 34.4 Å². The maximum Gasteiger partial charge on any atom is 0.410 e. The Labute approximate surface area is 189 Å². The summed E-state index contributed by atoms with van der Waals surface area (Å²) < 4.78 is 10.6. The van der Waals surface area contributed by atoms with Crippen LogP contribution in [0.2, 0.25) is 0 Å². The average Bonchev–Trinajstić information content (AvgIpc) is 2.70. The van der Waals surface area contributed by atoms with Crippen molar-refractivity contribution in [3.05, 3.63) is 0 Å². The van der Waals surface area contributed by atoms with E-state index in [1.165, 1.54) is 0 Å². The quantitative estimate of drug-likeness (QED) is 0.269. The van der Waals surface area contributed by atoms with Gasteiger partial charge in [-0.15, -0.1) is 0 Å². The van der Waals surface area contributed by atoms with Crippen molar-refractivity contribution < 1.29 is 14.3 Å². The zero-order valence-corrected chi connectivity index (χ0v) is 20.7. The van der Waals surface area contributed by atoms with Crippen molar-refractivity contribution in [3.63, 3.8) is 0 Å². The number of carbonyl (C=O) groups is 1. The van der Waals surface area contributed by atoms with Gasteiger partial charge in [-0.05, 0) is 47.6 Å². The fourth-order valence-electron chi connectivity index (χ4n) is 3.26. The second-order valence-electron chi connectivity index (χ2n) is 9.00. The number of rotatable bonds is 12. The Morgan fingerprint density at radius 3 is 2.42 bits per heavy atom. The Kier molecular flexibility index (Phi) is 13.5. The highest BCUT2D eigenvalue weighted by molar-refractivity contribution is 5.79. The predicted molar refractivity (Wildman–Crippen MR) is 127 cm³/mol. The van der Waals surface area contributed by atoms with E-state index in [0.717, 1.165) is 90.9 Å². The summed E-state index contributed by atoms with van der Waals surface area (Å²) in [4.78, 5) is 23.4. The Bertz CT molecular complexity index is 516. The molecule has 0 spiro atoms. The van der Waals surface area contributed by atoms with E-state index in [1.807, 2.05) is 20.8 Å². The topological polar surface area (TPSA) is 81.7 Å². The van der Waals surface area contributed by atoms with Gasteiger partial charge in [-0.2, -0.15) is 0 Å². The molecule has 31 heavy (non-hydrogen) atoms. The predicted octanol–water partition coefficient (Wildman–Crippen LogP) is 1.45. The molecule has 1 amide bonds. The molecule has 182 valence electrons. The van der Waals surface area contributed by atoms with Gasteiger partial charge in [0.05, 0.1) is 0 Å². The van der Waals surface area contributed by atoms with Gasteiger partial charge in [0.15, 0.2) is 5.96 Å². The second-order valence-corrected chi connectivity index (χ2v) is 9.00. The van der Waals surface area contributed by atoms with Gasteiger partial charge >= 0.3 is 6.09 Å². The van der Waals surface area contributed by atoms with Crippen LogP contribution in [0.25, 0.3) is 0 Å². The summed E-state index contributed by atoms with van der Waals surface area (Å²) in [6.45, 7) is 17.3. The van der Waals surface area contributed by atoms with Crippen LogP contribution in [0, 0.1) is 0 Å². The van der Waals surface area contributed by atoms with Crippen LogP contribution in [-0.4, -0.2) is 119 Å². The summed E-state index contributed by atoms with van der Waals surface area (Å²) in [5.74, 6) is 0.877. The van der Waals surface area contributed by atoms with Crippen LogP contribution < -0.4 is 10.6 Å². The SMILES string of the molecule is CCNC(=NCCCN1CCN(C(=O)OC(C)(C)C)CC1)NCCN(C)CCCOC. The molecule has 9 heteroatoms. The first-order chi connectivity index (χ1) is 14.7. The molecule has 1 saturated heterocycles. The number of aliphatic imine (C=N–C) groups is 1. The molecule has 0 aromatic carbocycles. The molecule has 0 atom stereocenters. The minimum Gasteiger partial charge on any atom is -0.444 e. The Morgan fingerprint density at radius 2 is 1.81 bits per heavy atom. The summed E-state index contributed by atoms with van der Waals surface area (Å²) in [7, 11) is 3.87. The van der Waals surface area contributed by atoms with Crippen LogP contribution in [0.3, 0.4) is 0 Å². The third-order valence-corrected chi connectivity index (χ3v) is 4.94. The lowest BCUT2D eigenvalue weighted by molar-refractivity contribution is 0.0145. The van der Waals surface area contributed by atoms with Crippen molar-refractivity contribution in [1.82, 2.24) is 25.3 Å². The van der Waals surface area contributed by atoms with E-state index in [4.69, 9.17) is 14.5 Å². The fraction of sp³-hybridized carbons (Fsp3) is 0.909. The number of ether oxygens (including phenoxy) is 2. The third kappa shape index (κ3) is 13.4. The second kappa shape index (κ2) is 15.3. The number of guanidine groups is 1. The molecule has 1 heterocycles. The highest BCUT2D eigenvalue weighted by Gasteiger charge is 2.25. The molecular formula is C22H46N6O3. The number of hydrogen-bond donors (Lipinski definition) is 2. The number of amides is 1. The Morgan fingerprint density at radius 1 is 1.10 bits per heavy atom. The molecule has 1 rings (SSSR count). The van der Waals surface area contributed by atoms with Crippen molar-refractivity contribution in [2.24, 2.45) is 4.99 Å². The summed E-state index contributed by atoms with van der Waals surface area (Å²) in [6, 6.07) is 0. The van der Waals surface area contributed by atoms with Crippen molar-refractivity contribution in [1.29, 1.82) is 0 Å². The van der Waals surface area contributed by atoms with Crippen LogP contribution in [-0.2, 0) is 9.47 Å². The number of nitrogens with zero attached hydrogens (tertiary/aromatic N) is 4. The standard InChI is InChI=1S/C22H46N6O3/c1-7-23-20(25-11-14-26(5)12-9-19-30-6)24-10-8-13-27-15-17-28(18-16-27)21(29)31-22(2,3)4/h7-19H2,1-6H3,(H2,23,24,25). The first-order valence-corrected chi connectivity index (χ1v) is 11.6. The molecule has 2 N–H and O–H groups in total. The van der Waals surface area contributed by atoms with Crippen LogP contribution in [0.5, 0.6) is 0 Å². The van der Waals surface area contributed by atoms with Gasteiger partial charge in [0.2, 0.25) is 0 Å².